The van der Waals surface area contributed by atoms with E-state index in [9.17, 15) is 4.79 Å². The number of nitrogens with one attached hydrogen (secondary N) is 1. The van der Waals surface area contributed by atoms with Crippen molar-refractivity contribution in [2.75, 3.05) is 13.2 Å². The lowest BCUT2D eigenvalue weighted by molar-refractivity contribution is 0.0789. The number of rotatable bonds is 4. The number of para-hydroxylation sites is 2. The van der Waals surface area contributed by atoms with Gasteiger partial charge in [0.1, 0.15) is 24.1 Å². The van der Waals surface area contributed by atoms with Gasteiger partial charge in [-0.2, -0.15) is 5.10 Å². The van der Waals surface area contributed by atoms with Crippen LogP contribution in [0.5, 0.6) is 11.5 Å². The maximum absolute atomic E-state index is 12.8. The van der Waals surface area contributed by atoms with Crippen molar-refractivity contribution >= 4 is 5.91 Å². The first-order chi connectivity index (χ1) is 13.0. The molecule has 0 radical (unpaired) electrons. The Balaban J connectivity index is 1.49. The van der Waals surface area contributed by atoms with Crippen LogP contribution in [0.3, 0.4) is 0 Å². The number of carbonyl (C=O) groups is 1. The lowest BCUT2D eigenvalue weighted by atomic mass is 10.2. The van der Waals surface area contributed by atoms with Gasteiger partial charge in [-0.3, -0.25) is 9.48 Å². The fraction of sp³-hybridized carbons (Fsp3) is 0.300. The summed E-state index contributed by atoms with van der Waals surface area (Å²) < 4.78 is 15.3. The van der Waals surface area contributed by atoms with Crippen LogP contribution < -0.4 is 14.8 Å². The predicted molar refractivity (Wildman–Crippen MR) is 101 cm³/mol. The van der Waals surface area contributed by atoms with Crippen LogP contribution in [0.2, 0.25) is 0 Å². The molecule has 0 bridgehead atoms. The van der Waals surface area contributed by atoms with Crippen molar-refractivity contribution < 1.29 is 14.3 Å². The molecule has 1 aromatic carbocycles. The van der Waals surface area contributed by atoms with Crippen molar-refractivity contribution in [2.24, 2.45) is 7.05 Å². The molecule has 0 saturated carbocycles. The average Bonchev–Trinajstić information content (AvgIpc) is 3.21. The van der Waals surface area contributed by atoms with Crippen molar-refractivity contribution in [3.05, 3.63) is 59.5 Å². The van der Waals surface area contributed by atoms with Gasteiger partial charge in [0.25, 0.3) is 5.91 Å². The number of benzene rings is 1. The summed E-state index contributed by atoms with van der Waals surface area (Å²) in [6, 6.07) is 11.6. The molecule has 1 aliphatic rings. The summed E-state index contributed by atoms with van der Waals surface area (Å²) in [6.07, 6.45) is 1.36. The topological polar surface area (TPSA) is 70.3 Å². The Hall–Kier alpha value is -3.22. The van der Waals surface area contributed by atoms with Crippen molar-refractivity contribution in [3.63, 3.8) is 0 Å². The highest BCUT2D eigenvalue weighted by molar-refractivity contribution is 5.97. The van der Waals surface area contributed by atoms with E-state index in [1.807, 2.05) is 61.9 Å². The molecule has 1 aliphatic heterocycles. The Labute approximate surface area is 157 Å². The van der Waals surface area contributed by atoms with E-state index in [-0.39, 0.29) is 12.0 Å². The van der Waals surface area contributed by atoms with Crippen molar-refractivity contribution in [2.45, 2.75) is 20.0 Å². The van der Waals surface area contributed by atoms with Gasteiger partial charge < -0.3 is 19.4 Å². The molecular weight excluding hydrogens is 344 g/mol. The molecule has 0 fully saturated rings. The molecular formula is C20H22N4O3. The van der Waals surface area contributed by atoms with E-state index < -0.39 is 0 Å². The summed E-state index contributed by atoms with van der Waals surface area (Å²) in [5.41, 5.74) is 2.62. The van der Waals surface area contributed by atoms with E-state index in [0.29, 0.717) is 24.5 Å². The van der Waals surface area contributed by atoms with E-state index in [0.717, 1.165) is 23.0 Å². The molecule has 0 aliphatic carbocycles. The summed E-state index contributed by atoms with van der Waals surface area (Å²) in [6.45, 7) is 4.76. The molecule has 1 amide bonds. The zero-order valence-electron chi connectivity index (χ0n) is 15.6. The number of amides is 1. The molecule has 0 unspecified atom stereocenters. The third-order valence-corrected chi connectivity index (χ3v) is 4.69. The molecule has 7 nitrogen and oxygen atoms in total. The van der Waals surface area contributed by atoms with E-state index in [2.05, 4.69) is 10.4 Å². The van der Waals surface area contributed by atoms with Gasteiger partial charge in [-0.1, -0.05) is 12.1 Å². The lowest BCUT2D eigenvalue weighted by Gasteiger charge is -2.26. The van der Waals surface area contributed by atoms with Crippen LogP contribution in [0.4, 0.5) is 0 Å². The minimum atomic E-state index is -0.237. The van der Waals surface area contributed by atoms with Crippen LogP contribution in [0.15, 0.2) is 42.6 Å². The van der Waals surface area contributed by atoms with Crippen molar-refractivity contribution in [1.29, 1.82) is 0 Å². The molecule has 3 heterocycles. The minimum Gasteiger partial charge on any atom is -0.486 e. The number of nitrogens with zero attached hydrogens (tertiary/aromatic N) is 3. The maximum Gasteiger partial charge on any atom is 0.256 e. The number of hydrogen-bond donors (Lipinski definition) is 1. The largest absolute Gasteiger partial charge is 0.486 e. The van der Waals surface area contributed by atoms with Gasteiger partial charge in [0.15, 0.2) is 11.5 Å². The first kappa shape index (κ1) is 17.2. The molecule has 140 valence electrons. The molecule has 3 aromatic rings. The molecule has 0 spiro atoms. The zero-order chi connectivity index (χ0) is 19.0. The first-order valence-corrected chi connectivity index (χ1v) is 8.88. The van der Waals surface area contributed by atoms with Gasteiger partial charge in [0.2, 0.25) is 0 Å². The molecule has 7 heteroatoms. The number of hydrogen-bond acceptors (Lipinski definition) is 4. The average molecular weight is 366 g/mol. The van der Waals surface area contributed by atoms with Crippen molar-refractivity contribution in [3.8, 4) is 17.3 Å². The number of carbonyl (C=O) groups excluding carboxylic acids is 1. The SMILES string of the molecule is Cc1ccc(C)n1-c1c(C(=O)NC[C@H]2COc3ccccc3O2)cnn1C. The fourth-order valence-corrected chi connectivity index (χ4v) is 3.32. The van der Waals surface area contributed by atoms with E-state index in [4.69, 9.17) is 9.47 Å². The van der Waals surface area contributed by atoms with E-state index in [1.54, 1.807) is 10.9 Å². The van der Waals surface area contributed by atoms with Gasteiger partial charge in [-0.15, -0.1) is 0 Å². The lowest BCUT2D eigenvalue weighted by Crippen LogP contribution is -2.40. The number of ether oxygens (including phenoxy) is 2. The van der Waals surface area contributed by atoms with Crippen LogP contribution in [-0.2, 0) is 7.05 Å². The first-order valence-electron chi connectivity index (χ1n) is 8.88. The molecule has 2 aromatic heterocycles. The van der Waals surface area contributed by atoms with Crippen LogP contribution in [0, 0.1) is 13.8 Å². The summed E-state index contributed by atoms with van der Waals surface area (Å²) in [4.78, 5) is 12.8. The summed E-state index contributed by atoms with van der Waals surface area (Å²) >= 11 is 0. The second kappa shape index (κ2) is 6.83. The van der Waals surface area contributed by atoms with Gasteiger partial charge in [0, 0.05) is 18.4 Å². The number of aryl methyl sites for hydroxylation is 3. The van der Waals surface area contributed by atoms with Crippen LogP contribution >= 0.6 is 0 Å². The smallest absolute Gasteiger partial charge is 0.256 e. The Morgan fingerprint density at radius 2 is 1.89 bits per heavy atom. The minimum absolute atomic E-state index is 0.187. The monoisotopic (exact) mass is 366 g/mol. The Kier molecular flexibility index (Phi) is 4.35. The zero-order valence-corrected chi connectivity index (χ0v) is 15.6. The van der Waals surface area contributed by atoms with Crippen LogP contribution in [0.1, 0.15) is 21.7 Å². The predicted octanol–water partition coefficient (Wildman–Crippen LogP) is 2.40. The maximum atomic E-state index is 12.8. The normalized spacial score (nSPS) is 15.6. The van der Waals surface area contributed by atoms with Crippen LogP contribution in [0.25, 0.3) is 5.82 Å². The molecule has 1 atom stereocenters. The van der Waals surface area contributed by atoms with Crippen molar-refractivity contribution in [1.82, 2.24) is 19.7 Å². The standard InChI is InChI=1S/C20H22N4O3/c1-13-8-9-14(2)24(13)20-16(11-22-23(20)3)19(25)21-10-15-12-26-17-6-4-5-7-18(17)27-15/h4-9,11,15H,10,12H2,1-3H3,(H,21,25)/t15-/m0/s1. The molecule has 27 heavy (non-hydrogen) atoms. The second-order valence-corrected chi connectivity index (χ2v) is 6.66. The highest BCUT2D eigenvalue weighted by atomic mass is 16.6. The highest BCUT2D eigenvalue weighted by Crippen LogP contribution is 2.30. The number of aromatic nitrogens is 3. The Morgan fingerprint density at radius 3 is 2.63 bits per heavy atom. The van der Waals surface area contributed by atoms with Gasteiger partial charge in [-0.05, 0) is 38.1 Å². The van der Waals surface area contributed by atoms with Gasteiger partial charge in [0.05, 0.1) is 12.7 Å². The van der Waals surface area contributed by atoms with Gasteiger partial charge in [-0.25, -0.2) is 0 Å². The van der Waals surface area contributed by atoms with E-state index >= 15 is 0 Å². The molecule has 1 N–H and O–H groups in total. The summed E-state index contributed by atoms with van der Waals surface area (Å²) in [5.74, 6) is 1.99. The highest BCUT2D eigenvalue weighted by Gasteiger charge is 2.24. The third-order valence-electron chi connectivity index (χ3n) is 4.69. The Bertz CT molecular complexity index is 970. The van der Waals surface area contributed by atoms with Gasteiger partial charge >= 0.3 is 0 Å². The molecule has 4 rings (SSSR count). The molecule has 0 saturated heterocycles. The number of fused-ring (bicyclic) bond motifs is 1. The third kappa shape index (κ3) is 3.16. The fourth-order valence-electron chi connectivity index (χ4n) is 3.32. The summed E-state index contributed by atoms with van der Waals surface area (Å²) in [5, 5.41) is 7.22. The quantitative estimate of drug-likeness (QED) is 0.770. The van der Waals surface area contributed by atoms with E-state index in [1.165, 1.54) is 0 Å². The summed E-state index contributed by atoms with van der Waals surface area (Å²) in [7, 11) is 1.83. The van der Waals surface area contributed by atoms with Crippen LogP contribution in [-0.4, -0.2) is 39.5 Å². The second-order valence-electron chi connectivity index (χ2n) is 6.66. The Morgan fingerprint density at radius 1 is 1.19 bits per heavy atom.